The molecule has 6 nitrogen and oxygen atoms in total. The largest absolute Gasteiger partial charge is 0.507 e. The van der Waals surface area contributed by atoms with Gasteiger partial charge in [0.1, 0.15) is 5.76 Å². The maximum Gasteiger partial charge on any atom is 0.301 e. The summed E-state index contributed by atoms with van der Waals surface area (Å²) in [5, 5.41) is 21.8. The SMILES string of the molecule is O=C1C(=O)N(c2nnc(SCc3ccc(Cl)cc3Cl)s2)C(c2ccc(Cl)cc2)/C1=C(/O)c1ccc(Cl)cc1. The summed E-state index contributed by atoms with van der Waals surface area (Å²) in [6.07, 6.45) is 0. The second kappa shape index (κ2) is 11.3. The molecular formula is C26H15Cl4N3O3S2. The van der Waals surface area contributed by atoms with Crippen molar-refractivity contribution < 1.29 is 14.7 Å². The zero-order valence-corrected chi connectivity index (χ0v) is 23.7. The van der Waals surface area contributed by atoms with E-state index in [2.05, 4.69) is 10.2 Å². The highest BCUT2D eigenvalue weighted by atomic mass is 35.5. The van der Waals surface area contributed by atoms with Gasteiger partial charge in [-0.15, -0.1) is 10.2 Å². The molecule has 1 aromatic heterocycles. The monoisotopic (exact) mass is 621 g/mol. The third-order valence-corrected chi connectivity index (χ3v) is 8.91. The van der Waals surface area contributed by atoms with E-state index in [1.54, 1.807) is 60.7 Å². The summed E-state index contributed by atoms with van der Waals surface area (Å²) < 4.78 is 0.570. The van der Waals surface area contributed by atoms with Crippen LogP contribution in [0.15, 0.2) is 76.6 Å². The van der Waals surface area contributed by atoms with Gasteiger partial charge in [0.2, 0.25) is 5.13 Å². The van der Waals surface area contributed by atoms with Crippen LogP contribution < -0.4 is 4.90 Å². The maximum absolute atomic E-state index is 13.3. The highest BCUT2D eigenvalue weighted by Crippen LogP contribution is 2.44. The van der Waals surface area contributed by atoms with E-state index in [4.69, 9.17) is 46.4 Å². The molecule has 0 radical (unpaired) electrons. The standard InChI is InChI=1S/C26H15Cl4N3O3S2/c27-16-6-1-13(2-7-16)21-20(22(34)14-3-8-17(28)9-4-14)23(35)24(36)33(21)25-31-32-26(38-25)37-12-15-5-10-18(29)11-19(15)30/h1-11,21,34H,12H2/b22-20-. The van der Waals surface area contributed by atoms with Crippen LogP contribution in [0.2, 0.25) is 20.1 Å². The molecule has 12 heteroatoms. The third-order valence-electron chi connectivity index (χ3n) is 5.72. The van der Waals surface area contributed by atoms with Crippen molar-refractivity contribution in [3.63, 3.8) is 0 Å². The molecule has 2 heterocycles. The summed E-state index contributed by atoms with van der Waals surface area (Å²) >= 11 is 26.9. The first-order valence-corrected chi connectivity index (χ1v) is 14.3. The first-order valence-electron chi connectivity index (χ1n) is 11.0. The van der Waals surface area contributed by atoms with E-state index in [1.807, 2.05) is 6.07 Å². The second-order valence-electron chi connectivity index (χ2n) is 8.10. The van der Waals surface area contributed by atoms with Crippen LogP contribution in [0.1, 0.15) is 22.7 Å². The molecule has 5 rings (SSSR count). The quantitative estimate of drug-likeness (QED) is 0.0769. The first kappa shape index (κ1) is 27.0. The van der Waals surface area contributed by atoms with Crippen molar-refractivity contribution in [3.8, 4) is 0 Å². The number of thioether (sulfide) groups is 1. The maximum atomic E-state index is 13.3. The average molecular weight is 623 g/mol. The van der Waals surface area contributed by atoms with Crippen LogP contribution in [0.25, 0.3) is 5.76 Å². The summed E-state index contributed by atoms with van der Waals surface area (Å²) in [6, 6.07) is 17.3. The Morgan fingerprint density at radius 3 is 2.18 bits per heavy atom. The number of nitrogens with zero attached hydrogens (tertiary/aromatic N) is 3. The van der Waals surface area contributed by atoms with Crippen LogP contribution >= 0.6 is 69.5 Å². The van der Waals surface area contributed by atoms with E-state index < -0.39 is 17.7 Å². The summed E-state index contributed by atoms with van der Waals surface area (Å²) in [4.78, 5) is 27.8. The number of benzene rings is 3. The highest BCUT2D eigenvalue weighted by Gasteiger charge is 2.48. The molecule has 3 aromatic carbocycles. The predicted octanol–water partition coefficient (Wildman–Crippen LogP) is 8.07. The Hall–Kier alpha value is -2.59. The fourth-order valence-electron chi connectivity index (χ4n) is 3.89. The molecule has 1 atom stereocenters. The fourth-order valence-corrected chi connectivity index (χ4v) is 6.57. The molecule has 0 saturated carbocycles. The minimum absolute atomic E-state index is 0.0722. The lowest BCUT2D eigenvalue weighted by Crippen LogP contribution is -2.29. The molecule has 1 unspecified atom stereocenters. The Labute approximate surface area is 245 Å². The van der Waals surface area contributed by atoms with Crippen molar-refractivity contribution in [2.24, 2.45) is 0 Å². The van der Waals surface area contributed by atoms with E-state index in [-0.39, 0.29) is 16.5 Å². The minimum atomic E-state index is -0.945. The summed E-state index contributed by atoms with van der Waals surface area (Å²) in [6.45, 7) is 0. The van der Waals surface area contributed by atoms with Gasteiger partial charge >= 0.3 is 5.91 Å². The zero-order valence-electron chi connectivity index (χ0n) is 19.1. The molecule has 0 aliphatic carbocycles. The van der Waals surface area contributed by atoms with Gasteiger partial charge in [0, 0.05) is 31.4 Å². The zero-order chi connectivity index (χ0) is 27.0. The van der Waals surface area contributed by atoms with Crippen LogP contribution in [0, 0.1) is 0 Å². The Bertz CT molecular complexity index is 1570. The Balaban J connectivity index is 1.52. The number of amides is 1. The Morgan fingerprint density at radius 1 is 0.895 bits per heavy atom. The molecule has 192 valence electrons. The van der Waals surface area contributed by atoms with E-state index in [0.717, 1.165) is 16.9 Å². The third kappa shape index (κ3) is 5.43. The number of ketones is 1. The number of aliphatic hydroxyl groups excluding tert-OH is 1. The molecular weight excluding hydrogens is 608 g/mol. The highest BCUT2D eigenvalue weighted by molar-refractivity contribution is 8.00. The molecule has 4 aromatic rings. The van der Waals surface area contributed by atoms with Gasteiger partial charge in [-0.1, -0.05) is 87.7 Å². The molecule has 0 spiro atoms. The van der Waals surface area contributed by atoms with Gasteiger partial charge in [0.15, 0.2) is 4.34 Å². The van der Waals surface area contributed by atoms with Gasteiger partial charge in [-0.25, -0.2) is 0 Å². The van der Waals surface area contributed by atoms with E-state index in [1.165, 1.54) is 16.7 Å². The van der Waals surface area contributed by atoms with Gasteiger partial charge < -0.3 is 5.11 Å². The molecule has 1 aliphatic rings. The smallest absolute Gasteiger partial charge is 0.301 e. The first-order chi connectivity index (χ1) is 18.2. The fraction of sp³-hybridized carbons (Fsp3) is 0.0769. The summed E-state index contributed by atoms with van der Waals surface area (Å²) in [7, 11) is 0. The Kier molecular flexibility index (Phi) is 8.00. The van der Waals surface area contributed by atoms with E-state index >= 15 is 0 Å². The number of halogens is 4. The van der Waals surface area contributed by atoms with Crippen molar-refractivity contribution in [2.45, 2.75) is 16.1 Å². The number of carbonyl (C=O) groups is 2. The number of anilines is 1. The lowest BCUT2D eigenvalue weighted by molar-refractivity contribution is -0.132. The topological polar surface area (TPSA) is 83.4 Å². The van der Waals surface area contributed by atoms with Crippen molar-refractivity contribution >= 4 is 92.1 Å². The molecule has 1 aliphatic heterocycles. The number of carbonyl (C=O) groups excluding carboxylic acids is 2. The normalized spacial score (nSPS) is 16.8. The predicted molar refractivity (Wildman–Crippen MR) is 154 cm³/mol. The van der Waals surface area contributed by atoms with Crippen LogP contribution in [-0.4, -0.2) is 27.0 Å². The number of aromatic nitrogens is 2. The van der Waals surface area contributed by atoms with E-state index in [9.17, 15) is 14.7 Å². The van der Waals surface area contributed by atoms with Crippen LogP contribution in [-0.2, 0) is 15.3 Å². The number of rotatable bonds is 6. The molecule has 1 fully saturated rings. The molecule has 0 bridgehead atoms. The summed E-state index contributed by atoms with van der Waals surface area (Å²) in [5.41, 5.74) is 1.71. The number of hydrogen-bond donors (Lipinski definition) is 1. The Morgan fingerprint density at radius 2 is 1.53 bits per heavy atom. The average Bonchev–Trinajstić information content (AvgIpc) is 3.46. The van der Waals surface area contributed by atoms with Crippen LogP contribution in [0.4, 0.5) is 5.13 Å². The van der Waals surface area contributed by atoms with Gasteiger partial charge in [0.25, 0.3) is 5.78 Å². The molecule has 1 N–H and O–H groups in total. The van der Waals surface area contributed by atoms with Crippen LogP contribution in [0.3, 0.4) is 0 Å². The number of Topliss-reactive ketones (excluding diaryl/α,β-unsaturated/α-hetero) is 1. The number of aliphatic hydroxyl groups is 1. The van der Waals surface area contributed by atoms with Crippen LogP contribution in [0.5, 0.6) is 0 Å². The van der Waals surface area contributed by atoms with E-state index in [0.29, 0.717) is 41.3 Å². The van der Waals surface area contributed by atoms with Gasteiger partial charge in [-0.3, -0.25) is 14.5 Å². The minimum Gasteiger partial charge on any atom is -0.507 e. The van der Waals surface area contributed by atoms with Gasteiger partial charge in [-0.05, 0) is 59.7 Å². The molecule has 1 amide bonds. The lowest BCUT2D eigenvalue weighted by atomic mass is 9.95. The lowest BCUT2D eigenvalue weighted by Gasteiger charge is -2.22. The number of hydrogen-bond acceptors (Lipinski definition) is 7. The van der Waals surface area contributed by atoms with Gasteiger partial charge in [0.05, 0.1) is 11.6 Å². The van der Waals surface area contributed by atoms with Crippen molar-refractivity contribution in [3.05, 3.63) is 109 Å². The molecule has 1 saturated heterocycles. The molecule has 38 heavy (non-hydrogen) atoms. The van der Waals surface area contributed by atoms with Gasteiger partial charge in [-0.2, -0.15) is 0 Å². The summed E-state index contributed by atoms with van der Waals surface area (Å²) in [5.74, 6) is -1.48. The second-order valence-corrected chi connectivity index (χ2v) is 12.0. The van der Waals surface area contributed by atoms with Crippen molar-refractivity contribution in [1.82, 2.24) is 10.2 Å². The van der Waals surface area contributed by atoms with Crippen molar-refractivity contribution in [2.75, 3.05) is 4.90 Å². The van der Waals surface area contributed by atoms with Crippen molar-refractivity contribution in [1.29, 1.82) is 0 Å².